The van der Waals surface area contributed by atoms with Crippen molar-refractivity contribution < 1.29 is 13.2 Å². The summed E-state index contributed by atoms with van der Waals surface area (Å²) in [6, 6.07) is 4.93. The summed E-state index contributed by atoms with van der Waals surface area (Å²) in [4.78, 5) is 13.8. The number of carbonyl (C=O) groups excluding carboxylic acids is 1. The van der Waals surface area contributed by atoms with Crippen molar-refractivity contribution in [2.45, 2.75) is 30.2 Å². The predicted molar refractivity (Wildman–Crippen MR) is 94.9 cm³/mol. The van der Waals surface area contributed by atoms with Gasteiger partial charge in [0.2, 0.25) is 15.9 Å². The molecule has 0 aromatic heterocycles. The van der Waals surface area contributed by atoms with E-state index < -0.39 is 10.0 Å². The Morgan fingerprint density at radius 3 is 2.38 bits per heavy atom. The van der Waals surface area contributed by atoms with E-state index in [1.54, 1.807) is 11.0 Å². The van der Waals surface area contributed by atoms with Crippen LogP contribution in [0.5, 0.6) is 0 Å². The fourth-order valence-electron chi connectivity index (χ4n) is 2.68. The Balaban J connectivity index is 1.88. The molecule has 1 aromatic rings. The first-order valence-electron chi connectivity index (χ1n) is 7.74. The largest absolute Gasteiger partial charge is 0.343 e. The number of halogens is 2. The molecule has 0 radical (unpaired) electrons. The summed E-state index contributed by atoms with van der Waals surface area (Å²) in [5, 5.41) is 3.30. The number of amides is 1. The van der Waals surface area contributed by atoms with Crippen molar-refractivity contribution in [2.75, 3.05) is 26.7 Å². The van der Waals surface area contributed by atoms with Crippen LogP contribution in [-0.4, -0.2) is 51.9 Å². The Bertz CT molecular complexity index is 669. The number of likely N-dealkylation sites (tertiary alicyclic amines) is 1. The molecule has 0 saturated carbocycles. The minimum atomic E-state index is -3.86. The second-order valence-electron chi connectivity index (χ2n) is 5.64. The van der Waals surface area contributed by atoms with E-state index in [9.17, 15) is 13.2 Å². The number of piperidine rings is 1. The SMILES string of the molecule is CNC1CCN(C(=O)CCNS(=O)(=O)c2c(Cl)cccc2Cl)CC1. The fourth-order valence-corrected chi connectivity index (χ4v) is 4.85. The lowest BCUT2D eigenvalue weighted by Gasteiger charge is -2.31. The molecule has 1 aliphatic heterocycles. The van der Waals surface area contributed by atoms with Gasteiger partial charge in [0.15, 0.2) is 0 Å². The van der Waals surface area contributed by atoms with E-state index in [0.717, 1.165) is 12.8 Å². The number of rotatable bonds is 6. The van der Waals surface area contributed by atoms with Crippen molar-refractivity contribution in [1.29, 1.82) is 0 Å². The molecule has 0 aliphatic carbocycles. The number of carbonyl (C=O) groups is 1. The van der Waals surface area contributed by atoms with Gasteiger partial charge in [-0.05, 0) is 32.0 Å². The molecule has 2 rings (SSSR count). The number of nitrogens with zero attached hydrogens (tertiary/aromatic N) is 1. The van der Waals surface area contributed by atoms with E-state index >= 15 is 0 Å². The number of sulfonamides is 1. The summed E-state index contributed by atoms with van der Waals surface area (Å²) in [6.45, 7) is 1.38. The van der Waals surface area contributed by atoms with Crippen LogP contribution in [0.3, 0.4) is 0 Å². The van der Waals surface area contributed by atoms with E-state index in [1.807, 2.05) is 7.05 Å². The topological polar surface area (TPSA) is 78.5 Å². The van der Waals surface area contributed by atoms with Crippen LogP contribution in [0.25, 0.3) is 0 Å². The maximum Gasteiger partial charge on any atom is 0.243 e. The van der Waals surface area contributed by atoms with Crippen LogP contribution in [0, 0.1) is 0 Å². The van der Waals surface area contributed by atoms with E-state index in [1.165, 1.54) is 12.1 Å². The minimum Gasteiger partial charge on any atom is -0.343 e. The average Bonchev–Trinajstić information content (AvgIpc) is 2.54. The van der Waals surface area contributed by atoms with Crippen LogP contribution < -0.4 is 10.0 Å². The number of hydrogen-bond acceptors (Lipinski definition) is 4. The van der Waals surface area contributed by atoms with Crippen LogP contribution in [0.2, 0.25) is 10.0 Å². The normalized spacial score (nSPS) is 16.4. The van der Waals surface area contributed by atoms with Gasteiger partial charge in [-0.25, -0.2) is 13.1 Å². The van der Waals surface area contributed by atoms with Crippen LogP contribution >= 0.6 is 23.2 Å². The maximum atomic E-state index is 12.3. The van der Waals surface area contributed by atoms with Crippen molar-refractivity contribution >= 4 is 39.1 Å². The van der Waals surface area contributed by atoms with E-state index in [0.29, 0.717) is 19.1 Å². The van der Waals surface area contributed by atoms with Crippen LogP contribution in [0.15, 0.2) is 23.1 Å². The van der Waals surface area contributed by atoms with Crippen molar-refractivity contribution in [1.82, 2.24) is 14.9 Å². The molecule has 1 aliphatic rings. The van der Waals surface area contributed by atoms with Crippen LogP contribution in [0.4, 0.5) is 0 Å². The maximum absolute atomic E-state index is 12.3. The molecule has 1 heterocycles. The fraction of sp³-hybridized carbons (Fsp3) is 0.533. The lowest BCUT2D eigenvalue weighted by molar-refractivity contribution is -0.132. The molecule has 134 valence electrons. The summed E-state index contributed by atoms with van der Waals surface area (Å²) in [5.41, 5.74) is 0. The zero-order chi connectivity index (χ0) is 17.7. The van der Waals surface area contributed by atoms with Gasteiger partial charge in [-0.1, -0.05) is 29.3 Å². The van der Waals surface area contributed by atoms with Crippen LogP contribution in [0.1, 0.15) is 19.3 Å². The van der Waals surface area contributed by atoms with E-state index in [2.05, 4.69) is 10.0 Å². The van der Waals surface area contributed by atoms with Crippen molar-refractivity contribution in [2.24, 2.45) is 0 Å². The standard InChI is InChI=1S/C15H21Cl2N3O3S/c1-18-11-6-9-20(10-7-11)14(21)5-8-19-24(22,23)15-12(16)3-2-4-13(15)17/h2-4,11,18-19H,5-10H2,1H3. The third-order valence-corrected chi connectivity index (χ3v) is 6.49. The molecule has 0 unspecified atom stereocenters. The predicted octanol–water partition coefficient (Wildman–Crippen LogP) is 1.87. The lowest BCUT2D eigenvalue weighted by Crippen LogP contribution is -2.44. The van der Waals surface area contributed by atoms with Gasteiger partial charge in [-0.3, -0.25) is 4.79 Å². The first-order chi connectivity index (χ1) is 11.3. The van der Waals surface area contributed by atoms with Gasteiger partial charge in [-0.2, -0.15) is 0 Å². The summed E-state index contributed by atoms with van der Waals surface area (Å²) in [6.07, 6.45) is 1.91. The average molecular weight is 394 g/mol. The van der Waals surface area contributed by atoms with E-state index in [-0.39, 0.29) is 33.8 Å². The quantitative estimate of drug-likeness (QED) is 0.772. The molecule has 1 amide bonds. The first-order valence-corrected chi connectivity index (χ1v) is 9.98. The Kier molecular flexibility index (Phi) is 6.88. The van der Waals surface area contributed by atoms with E-state index in [4.69, 9.17) is 23.2 Å². The van der Waals surface area contributed by atoms with Gasteiger partial charge >= 0.3 is 0 Å². The molecule has 6 nitrogen and oxygen atoms in total. The minimum absolute atomic E-state index is 0.00861. The number of benzene rings is 1. The molecular formula is C15H21Cl2N3O3S. The zero-order valence-corrected chi connectivity index (χ0v) is 15.7. The molecule has 0 bridgehead atoms. The van der Waals surface area contributed by atoms with Gasteiger partial charge in [0, 0.05) is 32.1 Å². The molecule has 1 saturated heterocycles. The molecule has 0 atom stereocenters. The van der Waals surface area contributed by atoms with Crippen molar-refractivity contribution in [3.63, 3.8) is 0 Å². The van der Waals surface area contributed by atoms with Crippen molar-refractivity contribution in [3.8, 4) is 0 Å². The van der Waals surface area contributed by atoms with Gasteiger partial charge < -0.3 is 10.2 Å². The molecule has 9 heteroatoms. The Labute approximate surface area is 152 Å². The first kappa shape index (κ1) is 19.5. The highest BCUT2D eigenvalue weighted by molar-refractivity contribution is 7.89. The monoisotopic (exact) mass is 393 g/mol. The Morgan fingerprint density at radius 2 is 1.83 bits per heavy atom. The molecule has 1 fully saturated rings. The molecule has 0 spiro atoms. The highest BCUT2D eigenvalue weighted by Gasteiger charge is 2.24. The smallest absolute Gasteiger partial charge is 0.243 e. The number of hydrogen-bond donors (Lipinski definition) is 2. The summed E-state index contributed by atoms with van der Waals surface area (Å²) in [7, 11) is -1.94. The molecule has 2 N–H and O–H groups in total. The zero-order valence-electron chi connectivity index (χ0n) is 13.4. The highest BCUT2D eigenvalue weighted by Crippen LogP contribution is 2.28. The summed E-state index contributed by atoms with van der Waals surface area (Å²) < 4.78 is 27.0. The van der Waals surface area contributed by atoms with Gasteiger partial charge in [0.05, 0.1) is 10.0 Å². The Hall–Kier alpha value is -0.860. The van der Waals surface area contributed by atoms with Gasteiger partial charge in [0.25, 0.3) is 0 Å². The number of nitrogens with one attached hydrogen (secondary N) is 2. The highest BCUT2D eigenvalue weighted by atomic mass is 35.5. The second kappa shape index (κ2) is 8.49. The lowest BCUT2D eigenvalue weighted by atomic mass is 10.1. The molecular weight excluding hydrogens is 373 g/mol. The van der Waals surface area contributed by atoms with Crippen molar-refractivity contribution in [3.05, 3.63) is 28.2 Å². The third-order valence-electron chi connectivity index (χ3n) is 4.07. The third kappa shape index (κ3) is 4.83. The second-order valence-corrected chi connectivity index (χ2v) is 8.16. The van der Waals surface area contributed by atoms with Gasteiger partial charge in [0.1, 0.15) is 4.90 Å². The summed E-state index contributed by atoms with van der Waals surface area (Å²) in [5.74, 6) is -0.0579. The molecule has 1 aromatic carbocycles. The Morgan fingerprint density at radius 1 is 1.25 bits per heavy atom. The summed E-state index contributed by atoms with van der Waals surface area (Å²) >= 11 is 11.8. The van der Waals surface area contributed by atoms with Crippen LogP contribution in [-0.2, 0) is 14.8 Å². The van der Waals surface area contributed by atoms with Gasteiger partial charge in [-0.15, -0.1) is 0 Å². The molecule has 24 heavy (non-hydrogen) atoms.